The summed E-state index contributed by atoms with van der Waals surface area (Å²) >= 11 is 0. The number of hydrogen-bond acceptors (Lipinski definition) is 2. The monoisotopic (exact) mass is 257 g/mol. The van der Waals surface area contributed by atoms with Crippen molar-refractivity contribution in [1.82, 2.24) is 4.90 Å². The minimum atomic E-state index is -0.342. The molecule has 1 N–H and O–H groups in total. The van der Waals surface area contributed by atoms with E-state index in [4.69, 9.17) is 0 Å². The summed E-state index contributed by atoms with van der Waals surface area (Å²) in [5.74, 6) is 0. The van der Waals surface area contributed by atoms with Crippen LogP contribution in [0, 0.1) is 0 Å². The van der Waals surface area contributed by atoms with E-state index in [-0.39, 0.29) is 6.10 Å². The molecule has 0 spiro atoms. The Labute approximate surface area is 116 Å². The summed E-state index contributed by atoms with van der Waals surface area (Å²) in [6.07, 6.45) is 10.8. The molecule has 1 aromatic rings. The third-order valence-corrected chi connectivity index (χ3v) is 3.72. The molecule has 0 bridgehead atoms. The van der Waals surface area contributed by atoms with E-state index in [1.54, 1.807) is 0 Å². The molecule has 1 aliphatic rings. The summed E-state index contributed by atoms with van der Waals surface area (Å²) in [6, 6.07) is 10.7. The van der Waals surface area contributed by atoms with Gasteiger partial charge in [-0.15, -0.1) is 0 Å². The number of aliphatic hydroxyl groups is 1. The predicted octanol–water partition coefficient (Wildman–Crippen LogP) is 3.10. The Morgan fingerprint density at radius 3 is 2.79 bits per heavy atom. The van der Waals surface area contributed by atoms with Gasteiger partial charge >= 0.3 is 0 Å². The Balaban J connectivity index is 1.77. The Morgan fingerprint density at radius 2 is 2.11 bits per heavy atom. The Morgan fingerprint density at radius 1 is 1.32 bits per heavy atom. The number of aliphatic hydroxyl groups excluding tert-OH is 1. The number of hydrogen-bond donors (Lipinski definition) is 1. The number of allylic oxidation sites excluding steroid dienone is 2. The molecule has 0 aromatic heterocycles. The summed E-state index contributed by atoms with van der Waals surface area (Å²) < 4.78 is 0. The fraction of sp³-hybridized carbons (Fsp3) is 0.412. The second-order valence-electron chi connectivity index (χ2n) is 5.23. The first kappa shape index (κ1) is 14.0. The van der Waals surface area contributed by atoms with Gasteiger partial charge < -0.3 is 10.0 Å². The van der Waals surface area contributed by atoms with Crippen molar-refractivity contribution in [2.45, 2.75) is 31.4 Å². The largest absolute Gasteiger partial charge is 0.389 e. The van der Waals surface area contributed by atoms with E-state index in [1.807, 2.05) is 42.5 Å². The van der Waals surface area contributed by atoms with Crippen molar-refractivity contribution >= 4 is 6.08 Å². The molecule has 1 heterocycles. The van der Waals surface area contributed by atoms with Crippen LogP contribution in [0.5, 0.6) is 0 Å². The van der Waals surface area contributed by atoms with E-state index in [9.17, 15) is 5.11 Å². The fourth-order valence-electron chi connectivity index (χ4n) is 2.56. The van der Waals surface area contributed by atoms with Gasteiger partial charge in [-0.2, -0.15) is 0 Å². The average molecular weight is 257 g/mol. The smallest absolute Gasteiger partial charge is 0.0738 e. The van der Waals surface area contributed by atoms with Gasteiger partial charge in [-0.1, -0.05) is 54.6 Å². The normalized spacial score (nSPS) is 22.5. The van der Waals surface area contributed by atoms with E-state index >= 15 is 0 Å². The average Bonchev–Trinajstić information content (AvgIpc) is 2.82. The number of benzene rings is 1. The highest BCUT2D eigenvalue weighted by molar-refractivity contribution is 5.50. The second-order valence-corrected chi connectivity index (χ2v) is 5.23. The van der Waals surface area contributed by atoms with Crippen molar-refractivity contribution in [2.75, 3.05) is 13.6 Å². The Kier molecular flexibility index (Phi) is 5.37. The number of rotatable bonds is 5. The van der Waals surface area contributed by atoms with Crippen molar-refractivity contribution < 1.29 is 5.11 Å². The van der Waals surface area contributed by atoms with Crippen molar-refractivity contribution in [3.05, 3.63) is 54.1 Å². The lowest BCUT2D eigenvalue weighted by atomic mass is 10.1. The van der Waals surface area contributed by atoms with E-state index in [0.717, 1.165) is 13.0 Å². The van der Waals surface area contributed by atoms with E-state index in [0.29, 0.717) is 6.04 Å². The number of nitrogens with zero attached hydrogens (tertiary/aromatic N) is 1. The molecular formula is C17H23NO. The predicted molar refractivity (Wildman–Crippen MR) is 80.9 cm³/mol. The lowest BCUT2D eigenvalue weighted by Gasteiger charge is -2.20. The first-order chi connectivity index (χ1) is 9.25. The number of likely N-dealkylation sites (tertiary alicyclic amines) is 1. The highest BCUT2D eigenvalue weighted by Gasteiger charge is 2.22. The van der Waals surface area contributed by atoms with Crippen LogP contribution in [-0.4, -0.2) is 35.7 Å². The second kappa shape index (κ2) is 7.27. The maximum Gasteiger partial charge on any atom is 0.0738 e. The van der Waals surface area contributed by atoms with Crippen LogP contribution in [0.25, 0.3) is 6.08 Å². The van der Waals surface area contributed by atoms with Gasteiger partial charge in [0.1, 0.15) is 0 Å². The van der Waals surface area contributed by atoms with E-state index < -0.39 is 0 Å². The molecule has 0 saturated carbocycles. The van der Waals surface area contributed by atoms with Crippen LogP contribution in [-0.2, 0) is 0 Å². The van der Waals surface area contributed by atoms with Gasteiger partial charge in [0.2, 0.25) is 0 Å². The van der Waals surface area contributed by atoms with Gasteiger partial charge in [-0.3, -0.25) is 0 Å². The molecule has 0 unspecified atom stereocenters. The van der Waals surface area contributed by atoms with Crippen molar-refractivity contribution in [1.29, 1.82) is 0 Å². The highest BCUT2D eigenvalue weighted by Crippen LogP contribution is 2.19. The zero-order valence-corrected chi connectivity index (χ0v) is 11.6. The molecular weight excluding hydrogens is 234 g/mol. The minimum absolute atomic E-state index is 0.342. The molecule has 0 amide bonds. The maximum absolute atomic E-state index is 9.98. The van der Waals surface area contributed by atoms with Gasteiger partial charge in [-0.05, 0) is 38.4 Å². The summed E-state index contributed by atoms with van der Waals surface area (Å²) in [5, 5.41) is 9.98. The maximum atomic E-state index is 9.98. The van der Waals surface area contributed by atoms with Crippen LogP contribution in [0.4, 0.5) is 0 Å². The van der Waals surface area contributed by atoms with Crippen molar-refractivity contribution in [3.8, 4) is 0 Å². The van der Waals surface area contributed by atoms with Crippen molar-refractivity contribution in [3.63, 3.8) is 0 Å². The molecule has 1 fully saturated rings. The Hall–Kier alpha value is -1.38. The standard InChI is InChI=1S/C17H23NO/c1-18-13-7-11-16(18)14-17(19)12-6-5-10-15-8-3-2-4-9-15/h2-6,8-10,12,16-17,19H,7,11,13-14H2,1H3/b10-5+,12-6+/t16-,17+/m1/s1. The quantitative estimate of drug-likeness (QED) is 0.819. The topological polar surface area (TPSA) is 23.5 Å². The highest BCUT2D eigenvalue weighted by atomic mass is 16.3. The van der Waals surface area contributed by atoms with Gasteiger partial charge in [0.25, 0.3) is 0 Å². The molecule has 0 aliphatic carbocycles. The first-order valence-corrected chi connectivity index (χ1v) is 7.04. The molecule has 2 atom stereocenters. The van der Waals surface area contributed by atoms with Gasteiger partial charge in [0.05, 0.1) is 6.10 Å². The molecule has 2 heteroatoms. The lowest BCUT2D eigenvalue weighted by molar-refractivity contribution is 0.166. The first-order valence-electron chi connectivity index (χ1n) is 7.04. The molecule has 2 nitrogen and oxygen atoms in total. The molecule has 1 aromatic carbocycles. The molecule has 102 valence electrons. The molecule has 1 aliphatic heterocycles. The van der Waals surface area contributed by atoms with Crippen LogP contribution >= 0.6 is 0 Å². The van der Waals surface area contributed by atoms with Crippen molar-refractivity contribution in [2.24, 2.45) is 0 Å². The zero-order chi connectivity index (χ0) is 13.5. The van der Waals surface area contributed by atoms with Crippen LogP contribution in [0.3, 0.4) is 0 Å². The summed E-state index contributed by atoms with van der Waals surface area (Å²) in [6.45, 7) is 1.16. The van der Waals surface area contributed by atoms with Crippen LogP contribution in [0.15, 0.2) is 48.6 Å². The molecule has 2 rings (SSSR count). The minimum Gasteiger partial charge on any atom is -0.389 e. The van der Waals surface area contributed by atoms with E-state index in [1.165, 1.54) is 18.4 Å². The van der Waals surface area contributed by atoms with Crippen LogP contribution in [0.1, 0.15) is 24.8 Å². The van der Waals surface area contributed by atoms with Gasteiger partial charge in [0, 0.05) is 6.04 Å². The lowest BCUT2D eigenvalue weighted by Crippen LogP contribution is -2.28. The molecule has 0 radical (unpaired) electrons. The summed E-state index contributed by atoms with van der Waals surface area (Å²) in [7, 11) is 2.14. The summed E-state index contributed by atoms with van der Waals surface area (Å²) in [5.41, 5.74) is 1.18. The third-order valence-electron chi connectivity index (χ3n) is 3.72. The third kappa shape index (κ3) is 4.66. The summed E-state index contributed by atoms with van der Waals surface area (Å²) in [4.78, 5) is 2.34. The Bertz CT molecular complexity index is 424. The van der Waals surface area contributed by atoms with Crippen LogP contribution < -0.4 is 0 Å². The zero-order valence-electron chi connectivity index (χ0n) is 11.6. The fourth-order valence-corrected chi connectivity index (χ4v) is 2.56. The molecule has 19 heavy (non-hydrogen) atoms. The molecule has 1 saturated heterocycles. The SMILES string of the molecule is CN1CCC[C@@H]1C[C@@H](O)/C=C/C=C/c1ccccc1. The van der Waals surface area contributed by atoms with Gasteiger partial charge in [-0.25, -0.2) is 0 Å². The van der Waals surface area contributed by atoms with Crippen LogP contribution in [0.2, 0.25) is 0 Å². The van der Waals surface area contributed by atoms with Gasteiger partial charge in [0.15, 0.2) is 0 Å². The van der Waals surface area contributed by atoms with E-state index in [2.05, 4.69) is 24.1 Å².